The maximum Gasteiger partial charge on any atom is 0.187 e. The van der Waals surface area contributed by atoms with Crippen LogP contribution in [0.1, 0.15) is 16.6 Å². The number of thiophene rings is 1. The van der Waals surface area contributed by atoms with Crippen molar-refractivity contribution in [1.82, 2.24) is 4.90 Å². The Bertz CT molecular complexity index is 380. The molecule has 16 heavy (non-hydrogen) atoms. The highest BCUT2D eigenvalue weighted by molar-refractivity contribution is 9.10. The first kappa shape index (κ1) is 12.6. The Morgan fingerprint density at radius 1 is 1.69 bits per heavy atom. The number of Topliss-reactive ketones (excluding diaryl/α,β-unsaturated/α-hetero) is 1. The second-order valence-corrected chi connectivity index (χ2v) is 6.84. The van der Waals surface area contributed by atoms with Crippen molar-refractivity contribution in [3.63, 3.8) is 0 Å². The highest BCUT2D eigenvalue weighted by Gasteiger charge is 2.22. The third kappa shape index (κ3) is 2.88. The van der Waals surface area contributed by atoms with Crippen LogP contribution in [-0.2, 0) is 0 Å². The molecule has 1 unspecified atom stereocenters. The zero-order valence-corrected chi connectivity index (χ0v) is 12.3. The fourth-order valence-corrected chi connectivity index (χ4v) is 4.35. The van der Waals surface area contributed by atoms with E-state index in [0.717, 1.165) is 27.4 Å². The van der Waals surface area contributed by atoms with Gasteiger partial charge in [-0.3, -0.25) is 9.69 Å². The number of halogens is 1. The van der Waals surface area contributed by atoms with Crippen LogP contribution in [0.5, 0.6) is 0 Å². The van der Waals surface area contributed by atoms with E-state index < -0.39 is 0 Å². The lowest BCUT2D eigenvalue weighted by atomic mass is 10.2. The fourth-order valence-electron chi connectivity index (χ4n) is 1.75. The van der Waals surface area contributed by atoms with Crippen molar-refractivity contribution in [2.75, 3.05) is 24.6 Å². The number of carbonyl (C=O) groups is 1. The van der Waals surface area contributed by atoms with E-state index in [1.807, 2.05) is 23.2 Å². The van der Waals surface area contributed by atoms with Gasteiger partial charge in [-0.05, 0) is 34.3 Å². The zero-order valence-electron chi connectivity index (χ0n) is 9.11. The molecular weight excluding hydrogens is 306 g/mol. The van der Waals surface area contributed by atoms with Crippen LogP contribution in [0.4, 0.5) is 0 Å². The Morgan fingerprint density at radius 3 is 3.12 bits per heavy atom. The van der Waals surface area contributed by atoms with Crippen molar-refractivity contribution in [1.29, 1.82) is 0 Å². The topological polar surface area (TPSA) is 20.3 Å². The molecule has 2 rings (SSSR count). The predicted molar refractivity (Wildman–Crippen MR) is 74.7 cm³/mol. The SMILES string of the molecule is CC1CSCCN1CC(=O)c1sccc1Br. The molecule has 1 aromatic rings. The highest BCUT2D eigenvalue weighted by Crippen LogP contribution is 2.24. The highest BCUT2D eigenvalue weighted by atomic mass is 79.9. The van der Waals surface area contributed by atoms with E-state index in [-0.39, 0.29) is 5.78 Å². The van der Waals surface area contributed by atoms with Crippen LogP contribution in [0.2, 0.25) is 0 Å². The molecule has 0 amide bonds. The van der Waals surface area contributed by atoms with E-state index in [4.69, 9.17) is 0 Å². The van der Waals surface area contributed by atoms with Crippen LogP contribution in [0.15, 0.2) is 15.9 Å². The summed E-state index contributed by atoms with van der Waals surface area (Å²) in [6, 6.07) is 2.45. The summed E-state index contributed by atoms with van der Waals surface area (Å²) in [6.07, 6.45) is 0. The van der Waals surface area contributed by atoms with E-state index >= 15 is 0 Å². The smallest absolute Gasteiger partial charge is 0.187 e. The quantitative estimate of drug-likeness (QED) is 0.798. The number of rotatable bonds is 3. The van der Waals surface area contributed by atoms with Gasteiger partial charge < -0.3 is 0 Å². The third-order valence-corrected chi connectivity index (χ3v) is 5.79. The first-order chi connectivity index (χ1) is 7.68. The lowest BCUT2D eigenvalue weighted by Gasteiger charge is -2.32. The average Bonchev–Trinajstić information content (AvgIpc) is 2.68. The molecule has 0 aromatic carbocycles. The van der Waals surface area contributed by atoms with Crippen LogP contribution in [-0.4, -0.2) is 41.3 Å². The molecule has 0 spiro atoms. The summed E-state index contributed by atoms with van der Waals surface area (Å²) in [5.41, 5.74) is 0. The number of ketones is 1. The van der Waals surface area contributed by atoms with Crippen molar-refractivity contribution >= 4 is 44.8 Å². The predicted octanol–water partition coefficient (Wildman–Crippen LogP) is 3.13. The van der Waals surface area contributed by atoms with Gasteiger partial charge >= 0.3 is 0 Å². The first-order valence-electron chi connectivity index (χ1n) is 5.26. The van der Waals surface area contributed by atoms with E-state index in [0.29, 0.717) is 12.6 Å². The monoisotopic (exact) mass is 319 g/mol. The van der Waals surface area contributed by atoms with Gasteiger partial charge in [-0.25, -0.2) is 0 Å². The molecule has 2 heterocycles. The number of thioether (sulfide) groups is 1. The third-order valence-electron chi connectivity index (χ3n) is 2.72. The Morgan fingerprint density at radius 2 is 2.50 bits per heavy atom. The molecule has 88 valence electrons. The summed E-state index contributed by atoms with van der Waals surface area (Å²) < 4.78 is 0.932. The largest absolute Gasteiger partial charge is 0.292 e. The van der Waals surface area contributed by atoms with Crippen molar-refractivity contribution < 1.29 is 4.79 Å². The van der Waals surface area contributed by atoms with E-state index in [1.54, 1.807) is 0 Å². The van der Waals surface area contributed by atoms with Gasteiger partial charge in [-0.2, -0.15) is 11.8 Å². The molecule has 0 saturated carbocycles. The lowest BCUT2D eigenvalue weighted by Crippen LogP contribution is -2.43. The van der Waals surface area contributed by atoms with Gasteiger partial charge in [-0.1, -0.05) is 0 Å². The van der Waals surface area contributed by atoms with Gasteiger partial charge in [0.05, 0.1) is 11.4 Å². The molecule has 1 aromatic heterocycles. The van der Waals surface area contributed by atoms with Crippen molar-refractivity contribution in [2.45, 2.75) is 13.0 Å². The molecule has 1 aliphatic heterocycles. The van der Waals surface area contributed by atoms with Gasteiger partial charge in [-0.15, -0.1) is 11.3 Å². The molecule has 1 saturated heterocycles. The minimum atomic E-state index is 0.237. The summed E-state index contributed by atoms with van der Waals surface area (Å²) in [5.74, 6) is 2.52. The van der Waals surface area contributed by atoms with Gasteiger partial charge in [0.2, 0.25) is 0 Å². The fraction of sp³-hybridized carbons (Fsp3) is 0.545. The maximum atomic E-state index is 12.1. The molecule has 0 radical (unpaired) electrons. The van der Waals surface area contributed by atoms with Gasteiger partial charge in [0.15, 0.2) is 5.78 Å². The number of carbonyl (C=O) groups excluding carboxylic acids is 1. The Kier molecular flexibility index (Phi) is 4.47. The number of hydrogen-bond acceptors (Lipinski definition) is 4. The Hall–Kier alpha value is 0.160. The minimum Gasteiger partial charge on any atom is -0.292 e. The van der Waals surface area contributed by atoms with Crippen LogP contribution in [0.25, 0.3) is 0 Å². The standard InChI is InChI=1S/C11H14BrNOS2/c1-8-7-15-5-3-13(8)6-10(14)11-9(12)2-4-16-11/h2,4,8H,3,5-7H2,1H3. The van der Waals surface area contributed by atoms with Gasteiger partial charge in [0.1, 0.15) is 0 Å². The second kappa shape index (κ2) is 5.67. The average molecular weight is 320 g/mol. The van der Waals surface area contributed by atoms with Crippen molar-refractivity contribution in [3.8, 4) is 0 Å². The Balaban J connectivity index is 1.99. The molecule has 0 bridgehead atoms. The minimum absolute atomic E-state index is 0.237. The van der Waals surface area contributed by atoms with Crippen molar-refractivity contribution in [2.24, 2.45) is 0 Å². The molecule has 2 nitrogen and oxygen atoms in total. The second-order valence-electron chi connectivity index (χ2n) is 3.92. The number of hydrogen-bond donors (Lipinski definition) is 0. The van der Waals surface area contributed by atoms with Crippen LogP contribution in [0.3, 0.4) is 0 Å². The molecule has 1 atom stereocenters. The molecular formula is C11H14BrNOS2. The molecule has 0 N–H and O–H groups in total. The molecule has 1 fully saturated rings. The summed E-state index contributed by atoms with van der Waals surface area (Å²) >= 11 is 6.91. The Labute approximate surface area is 113 Å². The molecule has 0 aliphatic carbocycles. The first-order valence-corrected chi connectivity index (χ1v) is 8.09. The number of nitrogens with zero attached hydrogens (tertiary/aromatic N) is 1. The lowest BCUT2D eigenvalue weighted by molar-refractivity contribution is 0.0914. The molecule has 5 heteroatoms. The summed E-state index contributed by atoms with van der Waals surface area (Å²) in [6.45, 7) is 3.78. The van der Waals surface area contributed by atoms with Crippen LogP contribution in [0, 0.1) is 0 Å². The van der Waals surface area contributed by atoms with Crippen LogP contribution >= 0.6 is 39.0 Å². The van der Waals surface area contributed by atoms with E-state index in [2.05, 4.69) is 27.8 Å². The van der Waals surface area contributed by atoms with Gasteiger partial charge in [0.25, 0.3) is 0 Å². The van der Waals surface area contributed by atoms with E-state index in [9.17, 15) is 4.79 Å². The maximum absolute atomic E-state index is 12.1. The van der Waals surface area contributed by atoms with Crippen molar-refractivity contribution in [3.05, 3.63) is 20.8 Å². The summed E-state index contributed by atoms with van der Waals surface area (Å²) in [4.78, 5) is 15.2. The van der Waals surface area contributed by atoms with Crippen LogP contribution < -0.4 is 0 Å². The summed E-state index contributed by atoms with van der Waals surface area (Å²) in [7, 11) is 0. The molecule has 1 aliphatic rings. The zero-order chi connectivity index (χ0) is 11.5. The van der Waals surface area contributed by atoms with Gasteiger partial charge in [0, 0.05) is 28.6 Å². The summed E-state index contributed by atoms with van der Waals surface area (Å²) in [5, 5.41) is 1.95. The normalized spacial score (nSPS) is 22.2. The van der Waals surface area contributed by atoms with E-state index in [1.165, 1.54) is 11.3 Å².